The second-order valence-corrected chi connectivity index (χ2v) is 9.44. The Balaban J connectivity index is 1.34. The van der Waals surface area contributed by atoms with Crippen LogP contribution in [0.15, 0.2) is 48.9 Å². The normalized spacial score (nSPS) is 16.0. The third kappa shape index (κ3) is 5.00. The van der Waals surface area contributed by atoms with Crippen molar-refractivity contribution in [1.29, 1.82) is 0 Å². The van der Waals surface area contributed by atoms with E-state index in [0.29, 0.717) is 37.1 Å². The predicted octanol–water partition coefficient (Wildman–Crippen LogP) is 3.97. The first-order valence-electron chi connectivity index (χ1n) is 12.4. The van der Waals surface area contributed by atoms with Gasteiger partial charge in [0.1, 0.15) is 5.69 Å². The van der Waals surface area contributed by atoms with Crippen molar-refractivity contribution in [1.82, 2.24) is 20.3 Å². The number of nitrogens with zero attached hydrogens (tertiary/aromatic N) is 5. The van der Waals surface area contributed by atoms with E-state index in [-0.39, 0.29) is 11.8 Å². The molecule has 0 unspecified atom stereocenters. The second-order valence-electron chi connectivity index (χ2n) is 9.44. The Morgan fingerprint density at radius 1 is 1.17 bits per heavy atom. The second kappa shape index (κ2) is 10.3. The van der Waals surface area contributed by atoms with E-state index in [1.54, 1.807) is 36.6 Å². The Bertz CT molecular complexity index is 1260. The van der Waals surface area contributed by atoms with Crippen LogP contribution in [-0.4, -0.2) is 46.4 Å². The molecular formula is C27H31N7O2. The molecule has 1 aliphatic carbocycles. The van der Waals surface area contributed by atoms with E-state index in [1.165, 1.54) is 12.8 Å². The quantitative estimate of drug-likeness (QED) is 0.545. The highest BCUT2D eigenvalue weighted by molar-refractivity contribution is 5.97. The Hall–Kier alpha value is -4.01. The summed E-state index contributed by atoms with van der Waals surface area (Å²) in [6, 6.07) is 9.67. The van der Waals surface area contributed by atoms with Crippen LogP contribution in [0.4, 0.5) is 23.1 Å². The Labute approximate surface area is 211 Å². The molecule has 0 radical (unpaired) electrons. The zero-order chi connectivity index (χ0) is 25.1. The molecule has 3 heterocycles. The van der Waals surface area contributed by atoms with Crippen molar-refractivity contribution in [2.75, 3.05) is 28.7 Å². The number of aryl methyl sites for hydroxylation is 1. The number of aromatic nitrogens is 3. The molecule has 2 N–H and O–H groups in total. The summed E-state index contributed by atoms with van der Waals surface area (Å²) < 4.78 is 0. The number of carbonyl (C=O) groups is 2. The maximum Gasteiger partial charge on any atom is 0.251 e. The molecule has 2 aromatic heterocycles. The lowest BCUT2D eigenvalue weighted by atomic mass is 10.1. The van der Waals surface area contributed by atoms with Crippen LogP contribution in [0.2, 0.25) is 0 Å². The Morgan fingerprint density at radius 3 is 2.75 bits per heavy atom. The van der Waals surface area contributed by atoms with Crippen molar-refractivity contribution in [3.8, 4) is 0 Å². The highest BCUT2D eigenvalue weighted by Crippen LogP contribution is 2.36. The Morgan fingerprint density at radius 2 is 2.00 bits per heavy atom. The maximum absolute atomic E-state index is 12.6. The molecule has 3 aromatic rings. The minimum absolute atomic E-state index is 0.0780. The molecular weight excluding hydrogens is 454 g/mol. The molecule has 1 fully saturated rings. The van der Waals surface area contributed by atoms with E-state index in [1.807, 2.05) is 31.2 Å². The standard InChI is InChI=1S/C27H31N7O2/c1-18-14-20(26(36)29-16-19-6-5-12-28-15-19)9-10-22(18)31-27-30-17-23-25(32-27)34(21-7-3-4-8-21)13-11-24(35)33(23)2/h5-6,9-10,12,14-15,17,21H,3-4,7-8,11,13,16H2,1-2H3,(H,29,36)(H,30,31,32). The maximum atomic E-state index is 12.6. The van der Waals surface area contributed by atoms with Gasteiger partial charge >= 0.3 is 0 Å². The van der Waals surface area contributed by atoms with Gasteiger partial charge < -0.3 is 20.4 Å². The molecule has 5 rings (SSSR count). The van der Waals surface area contributed by atoms with E-state index in [2.05, 4.69) is 25.5 Å². The van der Waals surface area contributed by atoms with Gasteiger partial charge in [-0.1, -0.05) is 18.9 Å². The van der Waals surface area contributed by atoms with Crippen LogP contribution in [0.3, 0.4) is 0 Å². The number of fused-ring (bicyclic) bond motifs is 1. The van der Waals surface area contributed by atoms with Crippen LogP contribution < -0.4 is 20.4 Å². The summed E-state index contributed by atoms with van der Waals surface area (Å²) in [5, 5.41) is 6.24. The molecule has 0 spiro atoms. The SMILES string of the molecule is Cc1cc(C(=O)NCc2cccnc2)ccc1Nc1ncc2c(n1)N(C1CCCC1)CCC(=O)N2C. The first kappa shape index (κ1) is 23.7. The molecule has 9 heteroatoms. The number of anilines is 4. The summed E-state index contributed by atoms with van der Waals surface area (Å²) in [4.78, 5) is 42.6. The van der Waals surface area contributed by atoms with Gasteiger partial charge in [-0.15, -0.1) is 0 Å². The van der Waals surface area contributed by atoms with Gasteiger partial charge in [-0.3, -0.25) is 14.6 Å². The van der Waals surface area contributed by atoms with Gasteiger partial charge in [-0.2, -0.15) is 4.98 Å². The predicted molar refractivity (Wildman–Crippen MR) is 140 cm³/mol. The number of pyridine rings is 1. The van der Waals surface area contributed by atoms with Crippen LogP contribution >= 0.6 is 0 Å². The number of amides is 2. The lowest BCUT2D eigenvalue weighted by Gasteiger charge is -2.30. The fraction of sp³-hybridized carbons (Fsp3) is 0.370. The minimum atomic E-state index is -0.144. The summed E-state index contributed by atoms with van der Waals surface area (Å²) in [6.07, 6.45) is 10.3. The molecule has 0 saturated heterocycles. The highest BCUT2D eigenvalue weighted by atomic mass is 16.2. The monoisotopic (exact) mass is 485 g/mol. The lowest BCUT2D eigenvalue weighted by molar-refractivity contribution is -0.118. The van der Waals surface area contributed by atoms with E-state index >= 15 is 0 Å². The molecule has 1 saturated carbocycles. The molecule has 1 aliphatic heterocycles. The summed E-state index contributed by atoms with van der Waals surface area (Å²) in [5.41, 5.74) is 4.00. The number of rotatable bonds is 6. The summed E-state index contributed by atoms with van der Waals surface area (Å²) in [5.74, 6) is 1.21. The molecule has 9 nitrogen and oxygen atoms in total. The van der Waals surface area contributed by atoms with Crippen LogP contribution in [0.25, 0.3) is 0 Å². The molecule has 2 amide bonds. The third-order valence-electron chi connectivity index (χ3n) is 7.00. The molecule has 186 valence electrons. The van der Waals surface area contributed by atoms with Crippen LogP contribution in [0.5, 0.6) is 0 Å². The summed E-state index contributed by atoms with van der Waals surface area (Å²) in [6.45, 7) is 3.03. The highest BCUT2D eigenvalue weighted by Gasteiger charge is 2.31. The minimum Gasteiger partial charge on any atom is -0.351 e. The van der Waals surface area contributed by atoms with Gasteiger partial charge in [0, 0.05) is 56.2 Å². The number of hydrogen-bond donors (Lipinski definition) is 2. The lowest BCUT2D eigenvalue weighted by Crippen LogP contribution is -2.34. The fourth-order valence-electron chi connectivity index (χ4n) is 4.92. The van der Waals surface area contributed by atoms with Crippen LogP contribution in [-0.2, 0) is 11.3 Å². The third-order valence-corrected chi connectivity index (χ3v) is 7.00. The smallest absolute Gasteiger partial charge is 0.251 e. The van der Waals surface area contributed by atoms with Crippen molar-refractivity contribution in [3.05, 3.63) is 65.6 Å². The average Bonchev–Trinajstić information content (AvgIpc) is 3.40. The first-order valence-corrected chi connectivity index (χ1v) is 12.4. The molecule has 2 aliphatic rings. The summed E-state index contributed by atoms with van der Waals surface area (Å²) in [7, 11) is 1.79. The topological polar surface area (TPSA) is 103 Å². The molecule has 36 heavy (non-hydrogen) atoms. The van der Waals surface area contributed by atoms with Crippen molar-refractivity contribution >= 4 is 35.0 Å². The molecule has 0 bridgehead atoms. The van der Waals surface area contributed by atoms with E-state index in [9.17, 15) is 9.59 Å². The van der Waals surface area contributed by atoms with Crippen molar-refractivity contribution in [2.24, 2.45) is 0 Å². The van der Waals surface area contributed by atoms with E-state index in [0.717, 1.165) is 41.2 Å². The van der Waals surface area contributed by atoms with Gasteiger partial charge in [-0.05, 0) is 55.2 Å². The van der Waals surface area contributed by atoms with Gasteiger partial charge in [0.05, 0.1) is 6.20 Å². The van der Waals surface area contributed by atoms with Crippen molar-refractivity contribution < 1.29 is 9.59 Å². The van der Waals surface area contributed by atoms with Gasteiger partial charge in [0.2, 0.25) is 11.9 Å². The number of benzene rings is 1. The average molecular weight is 486 g/mol. The molecule has 0 atom stereocenters. The zero-order valence-corrected chi connectivity index (χ0v) is 20.7. The first-order chi connectivity index (χ1) is 17.5. The van der Waals surface area contributed by atoms with Crippen LogP contribution in [0.1, 0.15) is 53.6 Å². The summed E-state index contributed by atoms with van der Waals surface area (Å²) >= 11 is 0. The largest absolute Gasteiger partial charge is 0.351 e. The van der Waals surface area contributed by atoms with Crippen molar-refractivity contribution in [3.63, 3.8) is 0 Å². The van der Waals surface area contributed by atoms with Gasteiger partial charge in [0.25, 0.3) is 5.91 Å². The van der Waals surface area contributed by atoms with E-state index in [4.69, 9.17) is 4.98 Å². The number of carbonyl (C=O) groups excluding carboxylic acids is 2. The number of hydrogen-bond acceptors (Lipinski definition) is 7. The molecule has 1 aromatic carbocycles. The van der Waals surface area contributed by atoms with Gasteiger partial charge in [0.15, 0.2) is 5.82 Å². The number of nitrogens with one attached hydrogen (secondary N) is 2. The van der Waals surface area contributed by atoms with Crippen molar-refractivity contribution in [2.45, 2.75) is 51.6 Å². The Kier molecular flexibility index (Phi) is 6.79. The fourth-order valence-corrected chi connectivity index (χ4v) is 4.92. The zero-order valence-electron chi connectivity index (χ0n) is 20.7. The van der Waals surface area contributed by atoms with Gasteiger partial charge in [-0.25, -0.2) is 4.98 Å². The van der Waals surface area contributed by atoms with E-state index < -0.39 is 0 Å². The van der Waals surface area contributed by atoms with Crippen LogP contribution in [0, 0.1) is 6.92 Å².